The average molecular weight is 460 g/mol. The minimum atomic E-state index is -1.14. The second kappa shape index (κ2) is 10.5. The fourth-order valence-corrected chi connectivity index (χ4v) is 3.27. The van der Waals surface area contributed by atoms with Crippen molar-refractivity contribution >= 4 is 23.3 Å². The Morgan fingerprint density at radius 3 is 2.50 bits per heavy atom. The van der Waals surface area contributed by atoms with Gasteiger partial charge in [0.1, 0.15) is 0 Å². The quantitative estimate of drug-likeness (QED) is 0.304. The van der Waals surface area contributed by atoms with E-state index in [1.807, 2.05) is 31.2 Å². The van der Waals surface area contributed by atoms with Gasteiger partial charge in [-0.2, -0.15) is 0 Å². The molecule has 0 fully saturated rings. The zero-order valence-corrected chi connectivity index (χ0v) is 18.8. The molecule has 0 saturated heterocycles. The highest BCUT2D eigenvalue weighted by Gasteiger charge is 2.25. The third-order valence-corrected chi connectivity index (χ3v) is 5.08. The summed E-state index contributed by atoms with van der Waals surface area (Å²) in [6.45, 7) is 3.42. The van der Waals surface area contributed by atoms with Gasteiger partial charge in [-0.1, -0.05) is 53.2 Å². The predicted molar refractivity (Wildman–Crippen MR) is 126 cm³/mol. The zero-order chi connectivity index (χ0) is 23.9. The van der Waals surface area contributed by atoms with Crippen LogP contribution in [0.4, 0.5) is 5.69 Å². The van der Waals surface area contributed by atoms with E-state index in [2.05, 4.69) is 10.5 Å². The van der Waals surface area contributed by atoms with E-state index in [0.29, 0.717) is 28.5 Å². The van der Waals surface area contributed by atoms with Gasteiger partial charge < -0.3 is 24.4 Å². The van der Waals surface area contributed by atoms with Crippen molar-refractivity contribution in [2.45, 2.75) is 20.0 Å². The van der Waals surface area contributed by atoms with Crippen LogP contribution in [0.3, 0.4) is 0 Å². The van der Waals surface area contributed by atoms with E-state index < -0.39 is 24.6 Å². The van der Waals surface area contributed by atoms with Gasteiger partial charge in [0, 0.05) is 16.8 Å². The van der Waals surface area contributed by atoms with Crippen LogP contribution >= 0.6 is 0 Å². The number of amides is 1. The first kappa shape index (κ1) is 22.8. The number of carbonyl (C=O) groups excluding carboxylic acids is 2. The summed E-state index contributed by atoms with van der Waals surface area (Å²) in [5.41, 5.74) is 3.52. The zero-order valence-electron chi connectivity index (χ0n) is 18.8. The first-order valence-electron chi connectivity index (χ1n) is 10.7. The molecule has 1 aliphatic heterocycles. The molecule has 1 amide bonds. The molecule has 0 bridgehead atoms. The summed E-state index contributed by atoms with van der Waals surface area (Å²) in [5.74, 6) is 0.0901. The summed E-state index contributed by atoms with van der Waals surface area (Å²) in [5, 5.41) is 6.76. The van der Waals surface area contributed by atoms with Gasteiger partial charge in [-0.05, 0) is 44.2 Å². The third-order valence-electron chi connectivity index (χ3n) is 5.08. The largest absolute Gasteiger partial charge is 0.454 e. The van der Waals surface area contributed by atoms with E-state index in [1.54, 1.807) is 55.5 Å². The minimum absolute atomic E-state index is 0.178. The number of oxime groups is 1. The van der Waals surface area contributed by atoms with Gasteiger partial charge >= 0.3 is 5.97 Å². The molecule has 0 aliphatic carbocycles. The number of carbonyl (C=O) groups is 2. The number of benzene rings is 3. The summed E-state index contributed by atoms with van der Waals surface area (Å²) >= 11 is 0. The lowest BCUT2D eigenvalue weighted by Crippen LogP contribution is -2.27. The first-order valence-corrected chi connectivity index (χ1v) is 10.7. The second-order valence-electron chi connectivity index (χ2n) is 7.65. The Balaban J connectivity index is 1.38. The minimum Gasteiger partial charge on any atom is -0.454 e. The molecule has 0 aromatic heterocycles. The molecule has 1 heterocycles. The maximum Gasteiger partial charge on any atom is 0.348 e. The molecule has 8 nitrogen and oxygen atoms in total. The Hall–Kier alpha value is -4.33. The van der Waals surface area contributed by atoms with Crippen LogP contribution in [0, 0.1) is 6.92 Å². The van der Waals surface area contributed by atoms with Crippen LogP contribution in [0.2, 0.25) is 0 Å². The molecule has 8 heteroatoms. The Morgan fingerprint density at radius 2 is 1.74 bits per heavy atom. The SMILES string of the molecule is C/C(=N\OCC(=O)OC(C(=O)Nc1ccc(C)cc1)c1ccccc1)c1ccc2c(c1)OCO2. The number of hydrogen-bond acceptors (Lipinski definition) is 7. The van der Waals surface area contributed by atoms with E-state index in [4.69, 9.17) is 19.0 Å². The molecule has 1 unspecified atom stereocenters. The van der Waals surface area contributed by atoms with Gasteiger partial charge in [-0.25, -0.2) is 4.79 Å². The number of nitrogens with zero attached hydrogens (tertiary/aromatic N) is 1. The number of ether oxygens (including phenoxy) is 3. The number of nitrogens with one attached hydrogen (secondary N) is 1. The van der Waals surface area contributed by atoms with Gasteiger partial charge in [0.05, 0.1) is 5.71 Å². The normalized spacial score (nSPS) is 13.2. The highest BCUT2D eigenvalue weighted by atomic mass is 16.7. The van der Waals surface area contributed by atoms with Crippen LogP contribution in [0.15, 0.2) is 78.0 Å². The molecule has 1 atom stereocenters. The van der Waals surface area contributed by atoms with Crippen molar-refractivity contribution in [3.63, 3.8) is 0 Å². The highest BCUT2D eigenvalue weighted by Crippen LogP contribution is 2.32. The Kier molecular flexibility index (Phi) is 7.07. The maximum atomic E-state index is 12.9. The average Bonchev–Trinajstić information content (AvgIpc) is 3.32. The number of esters is 1. The molecule has 3 aromatic rings. The lowest BCUT2D eigenvalue weighted by atomic mass is 10.1. The van der Waals surface area contributed by atoms with E-state index in [-0.39, 0.29) is 6.79 Å². The lowest BCUT2D eigenvalue weighted by Gasteiger charge is -2.18. The molecule has 0 spiro atoms. The predicted octanol–water partition coefficient (Wildman–Crippen LogP) is 4.39. The van der Waals surface area contributed by atoms with E-state index in [0.717, 1.165) is 11.1 Å². The Bertz CT molecular complexity index is 1190. The maximum absolute atomic E-state index is 12.9. The molecule has 1 aliphatic rings. The summed E-state index contributed by atoms with van der Waals surface area (Å²) in [4.78, 5) is 30.6. The number of fused-ring (bicyclic) bond motifs is 1. The van der Waals surface area contributed by atoms with Crippen molar-refractivity contribution in [2.24, 2.45) is 5.16 Å². The van der Waals surface area contributed by atoms with Crippen LogP contribution < -0.4 is 14.8 Å². The molecular formula is C26H24N2O6. The van der Waals surface area contributed by atoms with Crippen molar-refractivity contribution < 1.29 is 28.6 Å². The first-order chi connectivity index (χ1) is 16.5. The van der Waals surface area contributed by atoms with Gasteiger partial charge in [0.15, 0.2) is 11.5 Å². The van der Waals surface area contributed by atoms with E-state index in [1.165, 1.54) is 0 Å². The van der Waals surface area contributed by atoms with Gasteiger partial charge in [0.2, 0.25) is 19.5 Å². The molecule has 34 heavy (non-hydrogen) atoms. The molecule has 0 radical (unpaired) electrons. The number of aryl methyl sites for hydroxylation is 1. The van der Waals surface area contributed by atoms with Crippen LogP contribution in [-0.2, 0) is 19.2 Å². The molecule has 4 rings (SSSR count). The summed E-state index contributed by atoms with van der Waals surface area (Å²) < 4.78 is 16.1. The van der Waals surface area contributed by atoms with Crippen LogP contribution in [0.25, 0.3) is 0 Å². The van der Waals surface area contributed by atoms with E-state index >= 15 is 0 Å². The smallest absolute Gasteiger partial charge is 0.348 e. The van der Waals surface area contributed by atoms with Crippen molar-refractivity contribution in [3.8, 4) is 11.5 Å². The van der Waals surface area contributed by atoms with Gasteiger partial charge in [-0.3, -0.25) is 4.79 Å². The Labute approximate surface area is 197 Å². The van der Waals surface area contributed by atoms with Gasteiger partial charge in [-0.15, -0.1) is 0 Å². The van der Waals surface area contributed by atoms with Crippen molar-refractivity contribution in [2.75, 3.05) is 18.7 Å². The third kappa shape index (κ3) is 5.72. The Morgan fingerprint density at radius 1 is 1.00 bits per heavy atom. The second-order valence-corrected chi connectivity index (χ2v) is 7.65. The van der Waals surface area contributed by atoms with Gasteiger partial charge in [0.25, 0.3) is 5.91 Å². The fourth-order valence-electron chi connectivity index (χ4n) is 3.27. The van der Waals surface area contributed by atoms with E-state index in [9.17, 15) is 9.59 Å². The molecular weight excluding hydrogens is 436 g/mol. The standard InChI is InChI=1S/C26H24N2O6/c1-17-8-11-21(12-9-17)27-26(30)25(19-6-4-3-5-7-19)34-24(29)15-33-28-18(2)20-10-13-22-23(14-20)32-16-31-22/h3-14,25H,15-16H2,1-2H3,(H,27,30)/b28-18+. The summed E-state index contributed by atoms with van der Waals surface area (Å²) in [6, 6.07) is 21.5. The molecule has 1 N–H and O–H groups in total. The van der Waals surface area contributed by atoms with Crippen molar-refractivity contribution in [1.82, 2.24) is 0 Å². The summed E-state index contributed by atoms with van der Waals surface area (Å²) in [6.07, 6.45) is -1.14. The topological polar surface area (TPSA) is 95.5 Å². The fraction of sp³-hybridized carbons (Fsp3) is 0.192. The van der Waals surface area contributed by atoms with Crippen LogP contribution in [0.1, 0.15) is 29.7 Å². The monoisotopic (exact) mass is 460 g/mol. The number of hydrogen-bond donors (Lipinski definition) is 1. The van der Waals surface area contributed by atoms with Crippen molar-refractivity contribution in [3.05, 3.63) is 89.5 Å². The summed E-state index contributed by atoms with van der Waals surface area (Å²) in [7, 11) is 0. The number of rotatable bonds is 8. The molecule has 0 saturated carbocycles. The lowest BCUT2D eigenvalue weighted by molar-refractivity contribution is -0.159. The number of anilines is 1. The van der Waals surface area contributed by atoms with Crippen molar-refractivity contribution in [1.29, 1.82) is 0 Å². The highest BCUT2D eigenvalue weighted by molar-refractivity contribution is 5.99. The van der Waals surface area contributed by atoms with Crippen LogP contribution in [0.5, 0.6) is 11.5 Å². The molecule has 3 aromatic carbocycles. The molecule has 174 valence electrons. The van der Waals surface area contributed by atoms with Crippen LogP contribution in [-0.4, -0.2) is 31.0 Å².